The van der Waals surface area contributed by atoms with E-state index in [1.807, 2.05) is 6.92 Å². The fourth-order valence-corrected chi connectivity index (χ4v) is 1.85. The molecular formula is C13H23N3O2. The van der Waals surface area contributed by atoms with Gasteiger partial charge in [-0.1, -0.05) is 19.0 Å². The predicted octanol–water partition coefficient (Wildman–Crippen LogP) is 1.74. The summed E-state index contributed by atoms with van der Waals surface area (Å²) in [7, 11) is 0. The number of aryl methyl sites for hydroxylation is 2. The molecule has 0 saturated heterocycles. The van der Waals surface area contributed by atoms with E-state index in [-0.39, 0.29) is 11.3 Å². The summed E-state index contributed by atoms with van der Waals surface area (Å²) in [5, 5.41) is 3.82. The minimum atomic E-state index is -0.0926. The third kappa shape index (κ3) is 3.10. The van der Waals surface area contributed by atoms with Crippen LogP contribution < -0.4 is 5.73 Å². The topological polar surface area (TPSA) is 72.4 Å². The van der Waals surface area contributed by atoms with Crippen molar-refractivity contribution in [1.82, 2.24) is 10.1 Å². The quantitative estimate of drug-likeness (QED) is 0.867. The van der Waals surface area contributed by atoms with Crippen molar-refractivity contribution in [2.45, 2.75) is 34.6 Å². The normalized spacial score (nSPS) is 11.7. The average Bonchev–Trinajstić information content (AvgIpc) is 2.65. The standard InChI is InChI=1S/C13H23N3O2/c1-6-16(8-13(4,5)7-14)12(17)11-9(2)15-18-10(11)3/h6-8,14H2,1-5H3. The molecule has 0 unspecified atom stereocenters. The average molecular weight is 253 g/mol. The van der Waals surface area contributed by atoms with Gasteiger partial charge in [0.1, 0.15) is 11.3 Å². The number of nitrogens with two attached hydrogens (primary N) is 1. The molecule has 0 saturated carbocycles. The smallest absolute Gasteiger partial charge is 0.259 e. The first-order chi connectivity index (χ1) is 8.32. The van der Waals surface area contributed by atoms with Crippen LogP contribution in [-0.4, -0.2) is 35.6 Å². The fraction of sp³-hybridized carbons (Fsp3) is 0.692. The van der Waals surface area contributed by atoms with E-state index in [1.165, 1.54) is 0 Å². The first kappa shape index (κ1) is 14.7. The molecule has 18 heavy (non-hydrogen) atoms. The van der Waals surface area contributed by atoms with Gasteiger partial charge in [0.05, 0.1) is 5.69 Å². The van der Waals surface area contributed by atoms with Gasteiger partial charge in [0, 0.05) is 13.1 Å². The van der Waals surface area contributed by atoms with E-state index < -0.39 is 0 Å². The lowest BCUT2D eigenvalue weighted by Crippen LogP contribution is -2.42. The summed E-state index contributed by atoms with van der Waals surface area (Å²) >= 11 is 0. The van der Waals surface area contributed by atoms with Crippen LogP contribution in [0.25, 0.3) is 0 Å². The molecule has 1 aromatic rings. The van der Waals surface area contributed by atoms with Gasteiger partial charge in [-0.05, 0) is 32.7 Å². The number of carbonyl (C=O) groups excluding carboxylic acids is 1. The minimum absolute atomic E-state index is 0.0322. The van der Waals surface area contributed by atoms with E-state index in [4.69, 9.17) is 10.3 Å². The molecule has 0 radical (unpaired) electrons. The zero-order valence-electron chi connectivity index (χ0n) is 11.9. The van der Waals surface area contributed by atoms with Gasteiger partial charge < -0.3 is 15.2 Å². The molecule has 0 bridgehead atoms. The zero-order valence-corrected chi connectivity index (χ0v) is 11.9. The molecule has 0 aliphatic rings. The molecule has 0 aliphatic heterocycles. The maximum absolute atomic E-state index is 12.5. The molecule has 2 N–H and O–H groups in total. The van der Waals surface area contributed by atoms with Crippen LogP contribution in [0.15, 0.2) is 4.52 Å². The Morgan fingerprint density at radius 1 is 1.44 bits per heavy atom. The van der Waals surface area contributed by atoms with Crippen molar-refractivity contribution in [3.8, 4) is 0 Å². The molecule has 102 valence electrons. The Labute approximate surface area is 108 Å². The molecule has 0 atom stereocenters. The number of aromatic nitrogens is 1. The van der Waals surface area contributed by atoms with Crippen LogP contribution in [0, 0.1) is 19.3 Å². The minimum Gasteiger partial charge on any atom is -0.361 e. The Morgan fingerprint density at radius 3 is 2.44 bits per heavy atom. The van der Waals surface area contributed by atoms with Gasteiger partial charge in [-0.15, -0.1) is 0 Å². The number of carbonyl (C=O) groups is 1. The van der Waals surface area contributed by atoms with Crippen LogP contribution in [0.4, 0.5) is 0 Å². The second-order valence-electron chi connectivity index (χ2n) is 5.39. The first-order valence-electron chi connectivity index (χ1n) is 6.24. The van der Waals surface area contributed by atoms with Crippen LogP contribution >= 0.6 is 0 Å². The SMILES string of the molecule is CCN(CC(C)(C)CN)C(=O)c1c(C)noc1C. The van der Waals surface area contributed by atoms with Gasteiger partial charge in [-0.3, -0.25) is 4.79 Å². The first-order valence-corrected chi connectivity index (χ1v) is 6.24. The van der Waals surface area contributed by atoms with Gasteiger partial charge >= 0.3 is 0 Å². The Bertz CT molecular complexity index is 404. The maximum Gasteiger partial charge on any atom is 0.259 e. The molecule has 1 rings (SSSR count). The second kappa shape index (κ2) is 5.52. The second-order valence-corrected chi connectivity index (χ2v) is 5.39. The maximum atomic E-state index is 12.5. The molecule has 0 aromatic carbocycles. The summed E-state index contributed by atoms with van der Waals surface area (Å²) in [5.74, 6) is 0.539. The monoisotopic (exact) mass is 253 g/mol. The summed E-state index contributed by atoms with van der Waals surface area (Å²) < 4.78 is 5.05. The largest absolute Gasteiger partial charge is 0.361 e. The van der Waals surface area contributed by atoms with Crippen LogP contribution in [0.2, 0.25) is 0 Å². The number of hydrogen-bond acceptors (Lipinski definition) is 4. The van der Waals surface area contributed by atoms with Crippen molar-refractivity contribution < 1.29 is 9.32 Å². The highest BCUT2D eigenvalue weighted by Gasteiger charge is 2.27. The molecular weight excluding hydrogens is 230 g/mol. The van der Waals surface area contributed by atoms with E-state index in [9.17, 15) is 4.79 Å². The van der Waals surface area contributed by atoms with Crippen molar-refractivity contribution >= 4 is 5.91 Å². The van der Waals surface area contributed by atoms with E-state index in [0.29, 0.717) is 36.7 Å². The van der Waals surface area contributed by atoms with Gasteiger partial charge in [-0.2, -0.15) is 0 Å². The summed E-state index contributed by atoms with van der Waals surface area (Å²) in [5.41, 5.74) is 6.84. The van der Waals surface area contributed by atoms with Crippen molar-refractivity contribution in [3.05, 3.63) is 17.0 Å². The Kier molecular flexibility index (Phi) is 4.51. The van der Waals surface area contributed by atoms with Crippen LogP contribution in [-0.2, 0) is 0 Å². The Morgan fingerprint density at radius 2 is 2.06 bits per heavy atom. The lowest BCUT2D eigenvalue weighted by atomic mass is 9.92. The number of nitrogens with zero attached hydrogens (tertiary/aromatic N) is 2. The molecule has 1 amide bonds. The number of amides is 1. The summed E-state index contributed by atoms with van der Waals surface area (Å²) in [6, 6.07) is 0. The van der Waals surface area contributed by atoms with Gasteiger partial charge in [-0.25, -0.2) is 0 Å². The van der Waals surface area contributed by atoms with E-state index in [0.717, 1.165) is 0 Å². The molecule has 0 aliphatic carbocycles. The molecule has 1 aromatic heterocycles. The van der Waals surface area contributed by atoms with Crippen LogP contribution in [0.5, 0.6) is 0 Å². The predicted molar refractivity (Wildman–Crippen MR) is 70.4 cm³/mol. The Balaban J connectivity index is 2.93. The summed E-state index contributed by atoms with van der Waals surface area (Å²) in [4.78, 5) is 14.2. The van der Waals surface area contributed by atoms with Gasteiger partial charge in [0.25, 0.3) is 5.91 Å². The highest BCUT2D eigenvalue weighted by Crippen LogP contribution is 2.19. The lowest BCUT2D eigenvalue weighted by Gasteiger charge is -2.31. The number of hydrogen-bond donors (Lipinski definition) is 1. The van der Waals surface area contributed by atoms with Crippen molar-refractivity contribution in [3.63, 3.8) is 0 Å². The van der Waals surface area contributed by atoms with E-state index in [2.05, 4.69) is 19.0 Å². The highest BCUT2D eigenvalue weighted by atomic mass is 16.5. The van der Waals surface area contributed by atoms with E-state index >= 15 is 0 Å². The molecule has 5 heteroatoms. The van der Waals surface area contributed by atoms with E-state index in [1.54, 1.807) is 18.7 Å². The third-order valence-corrected chi connectivity index (χ3v) is 3.09. The summed E-state index contributed by atoms with van der Waals surface area (Å²) in [6.45, 7) is 11.4. The third-order valence-electron chi connectivity index (χ3n) is 3.09. The van der Waals surface area contributed by atoms with Gasteiger partial charge in [0.15, 0.2) is 0 Å². The van der Waals surface area contributed by atoms with Crippen LogP contribution in [0.3, 0.4) is 0 Å². The lowest BCUT2D eigenvalue weighted by molar-refractivity contribution is 0.0698. The van der Waals surface area contributed by atoms with Crippen LogP contribution in [0.1, 0.15) is 42.6 Å². The van der Waals surface area contributed by atoms with Gasteiger partial charge in [0.2, 0.25) is 0 Å². The van der Waals surface area contributed by atoms with Crippen molar-refractivity contribution in [2.75, 3.05) is 19.6 Å². The van der Waals surface area contributed by atoms with Crippen molar-refractivity contribution in [2.24, 2.45) is 11.1 Å². The molecule has 0 fully saturated rings. The Hall–Kier alpha value is -1.36. The van der Waals surface area contributed by atoms with Crippen molar-refractivity contribution in [1.29, 1.82) is 0 Å². The highest BCUT2D eigenvalue weighted by molar-refractivity contribution is 5.96. The zero-order chi connectivity index (χ0) is 13.9. The molecule has 0 spiro atoms. The molecule has 1 heterocycles. The fourth-order valence-electron chi connectivity index (χ4n) is 1.85. The molecule has 5 nitrogen and oxygen atoms in total. The summed E-state index contributed by atoms with van der Waals surface area (Å²) in [6.07, 6.45) is 0. The number of rotatable bonds is 5.